The van der Waals surface area contributed by atoms with E-state index in [2.05, 4.69) is 24.6 Å². The number of hydrogen-bond donors (Lipinski definition) is 1. The molecule has 2 rings (SSSR count). The van der Waals surface area contributed by atoms with Gasteiger partial charge in [0.15, 0.2) is 0 Å². The molecule has 0 fully saturated rings. The van der Waals surface area contributed by atoms with Crippen LogP contribution < -0.4 is 5.59 Å². The van der Waals surface area contributed by atoms with Crippen molar-refractivity contribution in [2.24, 2.45) is 0 Å². The van der Waals surface area contributed by atoms with Crippen molar-refractivity contribution >= 4 is 43.4 Å². The van der Waals surface area contributed by atoms with E-state index in [9.17, 15) is 5.02 Å². The van der Waals surface area contributed by atoms with E-state index in [0.717, 1.165) is 11.4 Å². The minimum atomic E-state index is -1.13. The molecule has 0 aromatic carbocycles. The second-order valence-corrected chi connectivity index (χ2v) is 12.5. The van der Waals surface area contributed by atoms with Crippen LogP contribution in [-0.2, 0) is 16.1 Å². The van der Waals surface area contributed by atoms with Gasteiger partial charge in [0.1, 0.15) is 12.4 Å². The zero-order valence-electron chi connectivity index (χ0n) is 13.5. The molecule has 0 saturated carbocycles. The number of aromatic nitrogens is 2. The number of ether oxygens (including phenoxy) is 1. The molecule has 8 heteroatoms. The smallest absolute Gasteiger partial charge is 0.422 e. The normalized spacial score (nSPS) is 12.1. The van der Waals surface area contributed by atoms with Crippen molar-refractivity contribution in [2.45, 2.75) is 32.4 Å². The van der Waals surface area contributed by atoms with Gasteiger partial charge in [-0.3, -0.25) is 0 Å². The van der Waals surface area contributed by atoms with E-state index in [1.807, 2.05) is 0 Å². The molecule has 2 aromatic heterocycles. The van der Waals surface area contributed by atoms with Crippen molar-refractivity contribution in [2.75, 3.05) is 13.7 Å². The van der Waals surface area contributed by atoms with Crippen LogP contribution in [0, 0.1) is 0 Å². The second kappa shape index (κ2) is 7.14. The maximum absolute atomic E-state index is 10.0. The molecule has 22 heavy (non-hydrogen) atoms. The van der Waals surface area contributed by atoms with Gasteiger partial charge in [0.25, 0.3) is 0 Å². The van der Waals surface area contributed by atoms with Crippen LogP contribution in [-0.4, -0.2) is 43.5 Å². The molecule has 2 heterocycles. The molecular weight excluding hydrogens is 319 g/mol. The molecule has 5 nitrogen and oxygen atoms in total. The van der Waals surface area contributed by atoms with E-state index in [1.165, 1.54) is 7.11 Å². The first kappa shape index (κ1) is 17.5. The third-order valence-corrected chi connectivity index (χ3v) is 5.50. The molecule has 0 atom stereocenters. The molecule has 0 aliphatic rings. The summed E-state index contributed by atoms with van der Waals surface area (Å²) in [5.41, 5.74) is 1.28. The molecule has 0 amide bonds. The molecule has 0 unspecified atom stereocenters. The topological polar surface area (TPSA) is 56.5 Å². The van der Waals surface area contributed by atoms with Crippen molar-refractivity contribution in [1.82, 2.24) is 9.55 Å². The minimum Gasteiger partial charge on any atom is -0.422 e. The molecule has 0 spiro atoms. The predicted molar refractivity (Wildman–Crippen MR) is 93.5 cm³/mol. The summed E-state index contributed by atoms with van der Waals surface area (Å²) in [6, 6.07) is 4.60. The number of hydrogen-bond acceptors (Lipinski definition) is 4. The lowest BCUT2D eigenvalue weighted by Crippen LogP contribution is -2.38. The largest absolute Gasteiger partial charge is 0.508 e. The number of fused-ring (bicyclic) bond motifs is 1. The number of rotatable bonds is 7. The van der Waals surface area contributed by atoms with E-state index >= 15 is 0 Å². The van der Waals surface area contributed by atoms with Gasteiger partial charge < -0.3 is 19.0 Å². The van der Waals surface area contributed by atoms with Crippen LogP contribution in [0.4, 0.5) is 0 Å². The Labute approximate surface area is 137 Å². The van der Waals surface area contributed by atoms with Crippen molar-refractivity contribution in [3.63, 3.8) is 0 Å². The number of pyridine rings is 1. The molecule has 2 aromatic rings. The Balaban J connectivity index is 2.24. The summed E-state index contributed by atoms with van der Waals surface area (Å²) in [6.45, 7) is 7.93. The third-order valence-electron chi connectivity index (χ3n) is 3.47. The highest BCUT2D eigenvalue weighted by Gasteiger charge is 2.23. The van der Waals surface area contributed by atoms with E-state index < -0.39 is 15.2 Å². The maximum atomic E-state index is 10.0. The highest BCUT2D eigenvalue weighted by atomic mass is 35.5. The van der Waals surface area contributed by atoms with E-state index in [-0.39, 0.29) is 0 Å². The summed E-state index contributed by atoms with van der Waals surface area (Å²) in [5, 5.41) is 11.4. The zero-order chi connectivity index (χ0) is 16.3. The Kier molecular flexibility index (Phi) is 5.68. The summed E-state index contributed by atoms with van der Waals surface area (Å²) < 4.78 is 12.6. The maximum Gasteiger partial charge on any atom is 0.508 e. The van der Waals surface area contributed by atoms with E-state index in [4.69, 9.17) is 21.0 Å². The average Bonchev–Trinajstić information content (AvgIpc) is 2.82. The van der Waals surface area contributed by atoms with Crippen molar-refractivity contribution in [3.8, 4) is 0 Å². The fraction of sp³-hybridized carbons (Fsp3) is 0.500. The summed E-state index contributed by atoms with van der Waals surface area (Å²) in [4.78, 5) is 4.35. The first-order valence-corrected chi connectivity index (χ1v) is 11.3. The van der Waals surface area contributed by atoms with Gasteiger partial charge in [-0.05, 0) is 18.2 Å². The number of halogens is 1. The van der Waals surface area contributed by atoms with E-state index in [0.29, 0.717) is 29.6 Å². The van der Waals surface area contributed by atoms with Crippen molar-refractivity contribution < 1.29 is 14.4 Å². The Morgan fingerprint density at radius 3 is 2.77 bits per heavy atom. The second-order valence-electron chi connectivity index (χ2n) is 6.46. The SMILES string of the molecule is COB(O)c1cc2c(Cl)ccnc2n1COCC[Si](C)(C)C. The average molecular weight is 341 g/mol. The van der Waals surface area contributed by atoms with Gasteiger partial charge in [-0.25, -0.2) is 4.98 Å². The predicted octanol–water partition coefficient (Wildman–Crippen LogP) is 2.34. The first-order chi connectivity index (χ1) is 10.3. The molecule has 0 radical (unpaired) electrons. The monoisotopic (exact) mass is 340 g/mol. The minimum absolute atomic E-state index is 0.317. The zero-order valence-corrected chi connectivity index (χ0v) is 15.2. The lowest BCUT2D eigenvalue weighted by atomic mass is 9.85. The number of nitrogens with zero attached hydrogens (tertiary/aromatic N) is 2. The summed E-state index contributed by atoms with van der Waals surface area (Å²) in [7, 11) is -0.713. The van der Waals surface area contributed by atoms with Gasteiger partial charge in [0, 0.05) is 33.4 Å². The summed E-state index contributed by atoms with van der Waals surface area (Å²) in [5.74, 6) is 0. The van der Waals surface area contributed by atoms with Crippen LogP contribution in [0.2, 0.25) is 30.7 Å². The molecule has 0 aliphatic heterocycles. The van der Waals surface area contributed by atoms with Gasteiger partial charge in [-0.15, -0.1) is 0 Å². The lowest BCUT2D eigenvalue weighted by molar-refractivity contribution is 0.0911. The van der Waals surface area contributed by atoms with E-state index in [1.54, 1.807) is 22.9 Å². The fourth-order valence-electron chi connectivity index (χ4n) is 2.13. The van der Waals surface area contributed by atoms with Gasteiger partial charge in [-0.1, -0.05) is 31.2 Å². The molecular formula is C14H22BClN2O3Si. The lowest BCUT2D eigenvalue weighted by Gasteiger charge is -2.17. The van der Waals surface area contributed by atoms with Gasteiger partial charge in [-0.2, -0.15) is 0 Å². The van der Waals surface area contributed by atoms with Crippen LogP contribution in [0.15, 0.2) is 18.3 Å². The highest BCUT2D eigenvalue weighted by Crippen LogP contribution is 2.22. The van der Waals surface area contributed by atoms with Crippen molar-refractivity contribution in [3.05, 3.63) is 23.4 Å². The highest BCUT2D eigenvalue weighted by molar-refractivity contribution is 6.76. The van der Waals surface area contributed by atoms with Gasteiger partial charge in [0.2, 0.25) is 0 Å². The van der Waals surface area contributed by atoms with Crippen LogP contribution >= 0.6 is 11.6 Å². The first-order valence-electron chi connectivity index (χ1n) is 7.26. The molecule has 0 aliphatic carbocycles. The Morgan fingerprint density at radius 2 is 2.14 bits per heavy atom. The van der Waals surface area contributed by atoms with Gasteiger partial charge >= 0.3 is 7.12 Å². The molecule has 0 bridgehead atoms. The third kappa shape index (κ3) is 4.11. The molecule has 120 valence electrons. The summed E-state index contributed by atoms with van der Waals surface area (Å²) >= 11 is 6.20. The molecule has 0 saturated heterocycles. The van der Waals surface area contributed by atoms with Crippen molar-refractivity contribution in [1.29, 1.82) is 0 Å². The quantitative estimate of drug-likeness (QED) is 0.621. The van der Waals surface area contributed by atoms with Crippen LogP contribution in [0.5, 0.6) is 0 Å². The Hall–Kier alpha value is -0.858. The standard InChI is InChI=1S/C14H22BClN2O3Si/c1-20-15(19)13-9-11-12(16)5-6-17-14(11)18(13)10-21-7-8-22(2,3)4/h5-6,9,19H,7-8,10H2,1-4H3. The van der Waals surface area contributed by atoms with Crippen LogP contribution in [0.25, 0.3) is 11.0 Å². The molecule has 1 N–H and O–H groups in total. The summed E-state index contributed by atoms with van der Waals surface area (Å²) in [6.07, 6.45) is 1.65. The van der Waals surface area contributed by atoms with Crippen LogP contribution in [0.1, 0.15) is 0 Å². The van der Waals surface area contributed by atoms with Gasteiger partial charge in [0.05, 0.1) is 10.6 Å². The Morgan fingerprint density at radius 1 is 1.41 bits per heavy atom. The Bertz CT molecular complexity index is 645. The van der Waals surface area contributed by atoms with Crippen LogP contribution in [0.3, 0.4) is 0 Å². The fourth-order valence-corrected chi connectivity index (χ4v) is 3.08.